The quantitative estimate of drug-likeness (QED) is 0.529. The Hall–Kier alpha value is -2.77. The van der Waals surface area contributed by atoms with Crippen LogP contribution in [0.15, 0.2) is 42.5 Å². The molecule has 1 saturated heterocycles. The molecule has 31 heavy (non-hydrogen) atoms. The standard InChI is InChI=1S/C23H27ClN4O3/c24-18-10-11-21-19(15-18)28(16-17-7-1-2-8-20(17)31-21)23(30)26-25-22(29)9-3-4-12-27-13-5-6-14-27/h1-2,7-8,10-11,15H,3-6,9,12-14,16H2,(H,25,29)(H,26,30). The number of likely N-dealkylation sites (tertiary alicyclic amines) is 1. The second kappa shape index (κ2) is 10.0. The van der Waals surface area contributed by atoms with Crippen molar-refractivity contribution in [3.8, 4) is 11.5 Å². The van der Waals surface area contributed by atoms with E-state index in [2.05, 4.69) is 15.8 Å². The summed E-state index contributed by atoms with van der Waals surface area (Å²) >= 11 is 6.17. The van der Waals surface area contributed by atoms with E-state index in [4.69, 9.17) is 16.3 Å². The van der Waals surface area contributed by atoms with Crippen LogP contribution in [0.5, 0.6) is 11.5 Å². The molecule has 2 aromatic carbocycles. The third kappa shape index (κ3) is 5.48. The molecule has 2 aliphatic heterocycles. The Bertz CT molecular complexity index is 946. The van der Waals surface area contributed by atoms with Crippen molar-refractivity contribution in [2.75, 3.05) is 24.5 Å². The van der Waals surface area contributed by atoms with Crippen LogP contribution in [0.1, 0.15) is 37.7 Å². The number of unbranched alkanes of at least 4 members (excludes halogenated alkanes) is 1. The highest BCUT2D eigenvalue weighted by Crippen LogP contribution is 2.40. The van der Waals surface area contributed by atoms with Gasteiger partial charge in [-0.15, -0.1) is 0 Å². The predicted molar refractivity (Wildman–Crippen MR) is 120 cm³/mol. The second-order valence-electron chi connectivity index (χ2n) is 7.89. The van der Waals surface area contributed by atoms with Crippen LogP contribution in [0.25, 0.3) is 0 Å². The van der Waals surface area contributed by atoms with Crippen molar-refractivity contribution in [2.45, 2.75) is 38.6 Å². The molecule has 2 heterocycles. The fraction of sp³-hybridized carbons (Fsp3) is 0.391. The van der Waals surface area contributed by atoms with Crippen LogP contribution in [0.4, 0.5) is 10.5 Å². The fourth-order valence-electron chi connectivity index (χ4n) is 3.96. The number of fused-ring (bicyclic) bond motifs is 2. The lowest BCUT2D eigenvalue weighted by molar-refractivity contribution is -0.121. The third-order valence-electron chi connectivity index (χ3n) is 5.61. The molecule has 0 bridgehead atoms. The van der Waals surface area contributed by atoms with E-state index in [0.717, 1.165) is 38.0 Å². The molecule has 3 amide bonds. The van der Waals surface area contributed by atoms with Crippen molar-refractivity contribution in [3.05, 3.63) is 53.1 Å². The van der Waals surface area contributed by atoms with Crippen LogP contribution in [0, 0.1) is 0 Å². The first-order chi connectivity index (χ1) is 15.1. The average Bonchev–Trinajstić information content (AvgIpc) is 3.23. The molecule has 8 heteroatoms. The summed E-state index contributed by atoms with van der Waals surface area (Å²) in [4.78, 5) is 29.1. The number of nitrogens with one attached hydrogen (secondary N) is 2. The molecule has 0 spiro atoms. The molecule has 2 N–H and O–H groups in total. The number of nitrogens with zero attached hydrogens (tertiary/aromatic N) is 2. The maximum Gasteiger partial charge on any atom is 0.341 e. The van der Waals surface area contributed by atoms with Crippen LogP contribution in [0.2, 0.25) is 5.02 Å². The minimum atomic E-state index is -0.450. The Morgan fingerprint density at radius 1 is 1.00 bits per heavy atom. The predicted octanol–water partition coefficient (Wildman–Crippen LogP) is 4.46. The van der Waals surface area contributed by atoms with Gasteiger partial charge in [-0.05, 0) is 69.6 Å². The highest BCUT2D eigenvalue weighted by atomic mass is 35.5. The van der Waals surface area contributed by atoms with E-state index in [1.54, 1.807) is 18.2 Å². The van der Waals surface area contributed by atoms with Gasteiger partial charge in [-0.1, -0.05) is 29.8 Å². The summed E-state index contributed by atoms with van der Waals surface area (Å²) in [6, 6.07) is 12.2. The molecule has 0 aliphatic carbocycles. The van der Waals surface area contributed by atoms with Crippen molar-refractivity contribution < 1.29 is 14.3 Å². The lowest BCUT2D eigenvalue weighted by atomic mass is 10.2. The average molecular weight is 443 g/mol. The number of anilines is 1. The first-order valence-corrected chi connectivity index (χ1v) is 11.1. The number of amides is 3. The Balaban J connectivity index is 1.34. The zero-order valence-corrected chi connectivity index (χ0v) is 18.2. The molecule has 0 unspecified atom stereocenters. The minimum absolute atomic E-state index is 0.201. The fourth-order valence-corrected chi connectivity index (χ4v) is 4.12. The number of carbonyl (C=O) groups excluding carboxylic acids is 2. The number of hydrazine groups is 1. The zero-order chi connectivity index (χ0) is 21.6. The molecule has 2 aliphatic rings. The lowest BCUT2D eigenvalue weighted by Gasteiger charge is -2.22. The summed E-state index contributed by atoms with van der Waals surface area (Å²) in [5, 5.41) is 0.494. The number of para-hydroxylation sites is 1. The van der Waals surface area contributed by atoms with Gasteiger partial charge in [-0.2, -0.15) is 0 Å². The third-order valence-corrected chi connectivity index (χ3v) is 5.85. The first-order valence-electron chi connectivity index (χ1n) is 10.7. The monoisotopic (exact) mass is 442 g/mol. The van der Waals surface area contributed by atoms with Gasteiger partial charge in [0.15, 0.2) is 5.75 Å². The molecule has 0 radical (unpaired) electrons. The van der Waals surface area contributed by atoms with Crippen LogP contribution >= 0.6 is 11.6 Å². The van der Waals surface area contributed by atoms with Crippen molar-refractivity contribution in [2.24, 2.45) is 0 Å². The van der Waals surface area contributed by atoms with Gasteiger partial charge >= 0.3 is 6.03 Å². The van der Waals surface area contributed by atoms with E-state index in [1.807, 2.05) is 24.3 Å². The number of halogens is 1. The summed E-state index contributed by atoms with van der Waals surface area (Å²) in [6.07, 6.45) is 4.69. The number of hydrogen-bond donors (Lipinski definition) is 2. The Morgan fingerprint density at radius 2 is 1.81 bits per heavy atom. The molecular weight excluding hydrogens is 416 g/mol. The van der Waals surface area contributed by atoms with Gasteiger partial charge in [0.05, 0.1) is 12.2 Å². The van der Waals surface area contributed by atoms with Gasteiger partial charge in [0.25, 0.3) is 0 Å². The van der Waals surface area contributed by atoms with E-state index in [-0.39, 0.29) is 5.91 Å². The Labute approximate surface area is 187 Å². The summed E-state index contributed by atoms with van der Waals surface area (Å²) in [6.45, 7) is 3.65. The second-order valence-corrected chi connectivity index (χ2v) is 8.33. The van der Waals surface area contributed by atoms with E-state index in [1.165, 1.54) is 17.7 Å². The van der Waals surface area contributed by atoms with Gasteiger partial charge in [-0.25, -0.2) is 10.2 Å². The van der Waals surface area contributed by atoms with Gasteiger partial charge in [0, 0.05) is 17.0 Å². The Kier molecular flexibility index (Phi) is 6.94. The van der Waals surface area contributed by atoms with E-state index < -0.39 is 6.03 Å². The molecule has 0 aromatic heterocycles. The smallest absolute Gasteiger partial charge is 0.341 e. The summed E-state index contributed by atoms with van der Waals surface area (Å²) in [5.41, 5.74) is 6.46. The van der Waals surface area contributed by atoms with Crippen LogP contribution in [-0.2, 0) is 11.3 Å². The topological polar surface area (TPSA) is 73.9 Å². The van der Waals surface area contributed by atoms with E-state index in [0.29, 0.717) is 35.2 Å². The minimum Gasteiger partial charge on any atom is -0.455 e. The van der Waals surface area contributed by atoms with Gasteiger partial charge in [0.1, 0.15) is 5.75 Å². The van der Waals surface area contributed by atoms with Crippen molar-refractivity contribution in [3.63, 3.8) is 0 Å². The lowest BCUT2D eigenvalue weighted by Crippen LogP contribution is -2.48. The zero-order valence-electron chi connectivity index (χ0n) is 17.4. The number of rotatable bonds is 5. The largest absolute Gasteiger partial charge is 0.455 e. The van der Waals surface area contributed by atoms with E-state index in [9.17, 15) is 9.59 Å². The maximum absolute atomic E-state index is 12.9. The van der Waals surface area contributed by atoms with Crippen molar-refractivity contribution in [1.29, 1.82) is 0 Å². The van der Waals surface area contributed by atoms with Gasteiger partial charge in [-0.3, -0.25) is 15.1 Å². The van der Waals surface area contributed by atoms with E-state index >= 15 is 0 Å². The first kappa shape index (κ1) is 21.5. The Morgan fingerprint density at radius 3 is 2.65 bits per heavy atom. The highest BCUT2D eigenvalue weighted by Gasteiger charge is 2.26. The molecule has 0 saturated carbocycles. The van der Waals surface area contributed by atoms with Crippen molar-refractivity contribution >= 4 is 29.2 Å². The normalized spacial score (nSPS) is 15.5. The molecule has 2 aromatic rings. The van der Waals surface area contributed by atoms with Gasteiger partial charge in [0.2, 0.25) is 5.91 Å². The SMILES string of the molecule is O=C(CCCCN1CCCC1)NNC(=O)N1Cc2ccccc2Oc2ccc(Cl)cc21. The molecule has 7 nitrogen and oxygen atoms in total. The van der Waals surface area contributed by atoms with Crippen LogP contribution in [-0.4, -0.2) is 36.5 Å². The number of urea groups is 1. The maximum atomic E-state index is 12.9. The summed E-state index contributed by atoms with van der Waals surface area (Å²) in [7, 11) is 0. The van der Waals surface area contributed by atoms with Crippen LogP contribution in [0.3, 0.4) is 0 Å². The van der Waals surface area contributed by atoms with Gasteiger partial charge < -0.3 is 9.64 Å². The molecule has 164 valence electrons. The molecule has 4 rings (SSSR count). The molecular formula is C23H27ClN4O3. The highest BCUT2D eigenvalue weighted by molar-refractivity contribution is 6.31. The van der Waals surface area contributed by atoms with Crippen molar-refractivity contribution in [1.82, 2.24) is 15.8 Å². The summed E-state index contributed by atoms with van der Waals surface area (Å²) in [5.74, 6) is 1.01. The van der Waals surface area contributed by atoms with Crippen LogP contribution < -0.4 is 20.5 Å². The number of ether oxygens (including phenoxy) is 1. The number of benzene rings is 2. The number of hydrogen-bond acceptors (Lipinski definition) is 4. The molecule has 1 fully saturated rings. The number of carbonyl (C=O) groups is 2. The summed E-state index contributed by atoms with van der Waals surface area (Å²) < 4.78 is 6.00. The molecule has 0 atom stereocenters.